The van der Waals surface area contributed by atoms with Crippen LogP contribution in [0.3, 0.4) is 0 Å². The van der Waals surface area contributed by atoms with Crippen molar-refractivity contribution in [3.05, 3.63) is 59.2 Å². The van der Waals surface area contributed by atoms with E-state index in [2.05, 4.69) is 5.32 Å². The Labute approximate surface area is 121 Å². The van der Waals surface area contributed by atoms with Gasteiger partial charge < -0.3 is 10.1 Å². The molecule has 0 amide bonds. The van der Waals surface area contributed by atoms with Gasteiger partial charge in [-0.15, -0.1) is 0 Å². The number of anilines is 1. The first-order chi connectivity index (χ1) is 10.2. The first-order valence-corrected chi connectivity index (χ1v) is 6.40. The van der Waals surface area contributed by atoms with Gasteiger partial charge in [0.2, 0.25) is 0 Å². The largest absolute Gasteiger partial charge is 0.497 e. The molecule has 0 aliphatic rings. The Hall–Kier alpha value is -2.61. The molecule has 1 N–H and O–H groups in total. The lowest BCUT2D eigenvalue weighted by Crippen LogP contribution is -2.07. The van der Waals surface area contributed by atoms with Gasteiger partial charge in [0, 0.05) is 6.54 Å². The summed E-state index contributed by atoms with van der Waals surface area (Å²) in [4.78, 5) is 0. The summed E-state index contributed by atoms with van der Waals surface area (Å²) < 4.78 is 32.2. The molecule has 2 aromatic carbocycles. The Kier molecular flexibility index (Phi) is 4.72. The highest BCUT2D eigenvalue weighted by Crippen LogP contribution is 2.20. The van der Waals surface area contributed by atoms with Gasteiger partial charge in [-0.05, 0) is 36.2 Å². The minimum absolute atomic E-state index is 0.0556. The van der Waals surface area contributed by atoms with Gasteiger partial charge in [-0.3, -0.25) is 0 Å². The predicted molar refractivity (Wildman–Crippen MR) is 76.3 cm³/mol. The monoisotopic (exact) mass is 288 g/mol. The Morgan fingerprint density at radius 2 is 1.81 bits per heavy atom. The highest BCUT2D eigenvalue weighted by atomic mass is 19.2. The molecule has 0 unspecified atom stereocenters. The molecule has 5 heteroatoms. The number of hydrogen-bond donors (Lipinski definition) is 1. The number of methoxy groups -OCH3 is 1. The van der Waals surface area contributed by atoms with Crippen molar-refractivity contribution < 1.29 is 13.5 Å². The number of halogens is 2. The molecule has 0 aromatic heterocycles. The lowest BCUT2D eigenvalue weighted by molar-refractivity contribution is 0.414. The molecule has 0 aliphatic heterocycles. The number of ether oxygens (including phenoxy) is 1. The summed E-state index contributed by atoms with van der Waals surface area (Å²) >= 11 is 0. The van der Waals surface area contributed by atoms with Crippen LogP contribution in [0.5, 0.6) is 5.75 Å². The third kappa shape index (κ3) is 3.48. The molecule has 3 nitrogen and oxygen atoms in total. The van der Waals surface area contributed by atoms with Crippen LogP contribution >= 0.6 is 0 Å². The average molecular weight is 288 g/mol. The normalized spacial score (nSPS) is 10.0. The topological polar surface area (TPSA) is 45.0 Å². The van der Waals surface area contributed by atoms with Crippen LogP contribution in [-0.2, 0) is 6.42 Å². The van der Waals surface area contributed by atoms with Gasteiger partial charge in [-0.2, -0.15) is 5.26 Å². The molecule has 0 radical (unpaired) electrons. The van der Waals surface area contributed by atoms with Crippen molar-refractivity contribution in [2.75, 3.05) is 19.0 Å². The second-order valence-electron chi connectivity index (χ2n) is 4.43. The van der Waals surface area contributed by atoms with E-state index in [1.165, 1.54) is 12.1 Å². The van der Waals surface area contributed by atoms with Crippen molar-refractivity contribution >= 4 is 5.69 Å². The van der Waals surface area contributed by atoms with Crippen LogP contribution in [0.2, 0.25) is 0 Å². The van der Waals surface area contributed by atoms with E-state index in [4.69, 9.17) is 10.00 Å². The summed E-state index contributed by atoms with van der Waals surface area (Å²) in [6, 6.07) is 11.7. The highest BCUT2D eigenvalue weighted by Gasteiger charge is 2.12. The fourth-order valence-corrected chi connectivity index (χ4v) is 1.91. The van der Waals surface area contributed by atoms with Crippen LogP contribution in [0.25, 0.3) is 0 Å². The number of nitriles is 1. The van der Waals surface area contributed by atoms with Gasteiger partial charge in [0.1, 0.15) is 11.8 Å². The van der Waals surface area contributed by atoms with E-state index in [0.717, 1.165) is 11.3 Å². The van der Waals surface area contributed by atoms with Gasteiger partial charge >= 0.3 is 0 Å². The molecule has 0 spiro atoms. The molecule has 21 heavy (non-hydrogen) atoms. The maximum Gasteiger partial charge on any atom is 0.183 e. The third-order valence-electron chi connectivity index (χ3n) is 3.09. The van der Waals surface area contributed by atoms with Gasteiger partial charge in [-0.25, -0.2) is 8.78 Å². The summed E-state index contributed by atoms with van der Waals surface area (Å²) in [7, 11) is 1.60. The SMILES string of the molecule is COc1ccc(CCNc2ccc(C#N)c(F)c2F)cc1. The summed E-state index contributed by atoms with van der Waals surface area (Å²) in [6.45, 7) is 0.453. The van der Waals surface area contributed by atoms with Crippen LogP contribution < -0.4 is 10.1 Å². The number of nitrogens with one attached hydrogen (secondary N) is 1. The summed E-state index contributed by atoms with van der Waals surface area (Å²) in [6.07, 6.45) is 0.658. The van der Waals surface area contributed by atoms with E-state index in [1.54, 1.807) is 13.2 Å². The zero-order valence-corrected chi connectivity index (χ0v) is 11.5. The Morgan fingerprint density at radius 3 is 2.43 bits per heavy atom. The molecule has 108 valence electrons. The Bertz CT molecular complexity index is 663. The van der Waals surface area contributed by atoms with Gasteiger partial charge in [0.15, 0.2) is 11.6 Å². The zero-order valence-electron chi connectivity index (χ0n) is 11.5. The third-order valence-corrected chi connectivity index (χ3v) is 3.09. The van der Waals surface area contributed by atoms with Crippen LogP contribution in [0.4, 0.5) is 14.5 Å². The summed E-state index contributed by atoms with van der Waals surface area (Å²) in [5, 5.41) is 11.4. The van der Waals surface area contributed by atoms with Gasteiger partial charge in [0.25, 0.3) is 0 Å². The van der Waals surface area contributed by atoms with Crippen molar-refractivity contribution in [3.63, 3.8) is 0 Å². The van der Waals surface area contributed by atoms with Crippen LogP contribution in [-0.4, -0.2) is 13.7 Å². The van der Waals surface area contributed by atoms with Crippen LogP contribution in [0.15, 0.2) is 36.4 Å². The van der Waals surface area contributed by atoms with E-state index >= 15 is 0 Å². The smallest absolute Gasteiger partial charge is 0.183 e. The zero-order chi connectivity index (χ0) is 15.2. The fourth-order valence-electron chi connectivity index (χ4n) is 1.91. The van der Waals surface area contributed by atoms with Crippen molar-refractivity contribution in [2.24, 2.45) is 0 Å². The van der Waals surface area contributed by atoms with E-state index in [1.807, 2.05) is 24.3 Å². The second kappa shape index (κ2) is 6.71. The van der Waals surface area contributed by atoms with Crippen LogP contribution in [0, 0.1) is 23.0 Å². The highest BCUT2D eigenvalue weighted by molar-refractivity contribution is 5.49. The quantitative estimate of drug-likeness (QED) is 0.916. The van der Waals surface area contributed by atoms with E-state index in [9.17, 15) is 8.78 Å². The molecule has 0 heterocycles. The van der Waals surface area contributed by atoms with Crippen molar-refractivity contribution in [1.82, 2.24) is 0 Å². The molecule has 0 saturated heterocycles. The molecule has 2 aromatic rings. The second-order valence-corrected chi connectivity index (χ2v) is 4.43. The standard InChI is InChI=1S/C16H14F2N2O/c1-21-13-5-2-11(3-6-13)8-9-20-14-7-4-12(10-19)15(17)16(14)18/h2-7,20H,8-9H2,1H3. The van der Waals surface area contributed by atoms with E-state index in [-0.39, 0.29) is 11.3 Å². The summed E-state index contributed by atoms with van der Waals surface area (Å²) in [5.74, 6) is -1.37. The Morgan fingerprint density at radius 1 is 1.10 bits per heavy atom. The van der Waals surface area contributed by atoms with Crippen molar-refractivity contribution in [3.8, 4) is 11.8 Å². The van der Waals surface area contributed by atoms with Gasteiger partial charge in [-0.1, -0.05) is 12.1 Å². The molecular formula is C16H14F2N2O. The lowest BCUT2D eigenvalue weighted by atomic mass is 10.1. The number of benzene rings is 2. The molecule has 0 bridgehead atoms. The fraction of sp³-hybridized carbons (Fsp3) is 0.188. The minimum Gasteiger partial charge on any atom is -0.497 e. The lowest BCUT2D eigenvalue weighted by Gasteiger charge is -2.09. The Balaban J connectivity index is 1.97. The first kappa shape index (κ1) is 14.8. The molecule has 0 atom stereocenters. The molecule has 0 saturated carbocycles. The molecule has 2 rings (SSSR count). The number of hydrogen-bond acceptors (Lipinski definition) is 3. The maximum absolute atomic E-state index is 13.7. The van der Waals surface area contributed by atoms with Crippen LogP contribution in [0.1, 0.15) is 11.1 Å². The summed E-state index contributed by atoms with van der Waals surface area (Å²) in [5.41, 5.74) is 0.811. The van der Waals surface area contributed by atoms with E-state index in [0.29, 0.717) is 13.0 Å². The predicted octanol–water partition coefficient (Wildman–Crippen LogP) is 3.50. The number of rotatable bonds is 5. The molecule has 0 aliphatic carbocycles. The van der Waals surface area contributed by atoms with Crippen molar-refractivity contribution in [2.45, 2.75) is 6.42 Å². The first-order valence-electron chi connectivity index (χ1n) is 6.40. The maximum atomic E-state index is 13.7. The van der Waals surface area contributed by atoms with Crippen molar-refractivity contribution in [1.29, 1.82) is 5.26 Å². The average Bonchev–Trinajstić information content (AvgIpc) is 2.52. The van der Waals surface area contributed by atoms with Gasteiger partial charge in [0.05, 0.1) is 18.4 Å². The molecular weight excluding hydrogens is 274 g/mol. The number of nitrogens with zero attached hydrogens (tertiary/aromatic N) is 1. The molecule has 0 fully saturated rings. The minimum atomic E-state index is -1.12. The van der Waals surface area contributed by atoms with E-state index < -0.39 is 11.6 Å².